The topological polar surface area (TPSA) is 48.0 Å². The highest BCUT2D eigenvalue weighted by Gasteiger charge is 2.13. The Kier molecular flexibility index (Phi) is 3.18. The number of halogens is 1. The van der Waals surface area contributed by atoms with Crippen molar-refractivity contribution < 1.29 is 0 Å². The van der Waals surface area contributed by atoms with Crippen molar-refractivity contribution in [3.05, 3.63) is 77.8 Å². The fourth-order valence-electron chi connectivity index (χ4n) is 2.94. The van der Waals surface area contributed by atoms with Crippen molar-refractivity contribution in [1.29, 1.82) is 0 Å². The van der Waals surface area contributed by atoms with Crippen LogP contribution in [-0.2, 0) is 0 Å². The molecule has 0 aliphatic carbocycles. The molecule has 25 heavy (non-hydrogen) atoms. The van der Waals surface area contributed by atoms with Crippen LogP contribution in [0.5, 0.6) is 0 Å². The van der Waals surface area contributed by atoms with Gasteiger partial charge in [0.25, 0.3) is 0 Å². The summed E-state index contributed by atoms with van der Waals surface area (Å²) in [4.78, 5) is 9.38. The van der Waals surface area contributed by atoms with Gasteiger partial charge in [0.05, 0.1) is 23.0 Å². The predicted octanol–water partition coefficient (Wildman–Crippen LogP) is 4.50. The molecule has 0 N–H and O–H groups in total. The van der Waals surface area contributed by atoms with Crippen LogP contribution in [0.1, 0.15) is 0 Å². The molecule has 0 aliphatic heterocycles. The van der Waals surface area contributed by atoms with Crippen molar-refractivity contribution in [2.24, 2.45) is 0 Å². The minimum atomic E-state index is 0.798. The molecule has 0 spiro atoms. The van der Waals surface area contributed by atoms with Crippen LogP contribution in [0.4, 0.5) is 0 Å². The fourth-order valence-corrected chi connectivity index (χ4v) is 3.20. The van der Waals surface area contributed by atoms with Crippen LogP contribution < -0.4 is 0 Å². The van der Waals surface area contributed by atoms with Gasteiger partial charge in [-0.1, -0.05) is 46.3 Å². The van der Waals surface area contributed by atoms with Gasteiger partial charge in [0, 0.05) is 16.2 Å². The first kappa shape index (κ1) is 14.4. The lowest BCUT2D eigenvalue weighted by molar-refractivity contribution is 0.893. The maximum Gasteiger partial charge on any atom is 0.168 e. The molecule has 0 bridgehead atoms. The average Bonchev–Trinajstić information content (AvgIpc) is 3.26. The molecule has 0 unspecified atom stereocenters. The average molecular weight is 390 g/mol. The van der Waals surface area contributed by atoms with Crippen LogP contribution in [0, 0.1) is 0 Å². The molecule has 6 heteroatoms. The van der Waals surface area contributed by atoms with E-state index in [1.54, 1.807) is 6.33 Å². The molecular weight excluding hydrogens is 378 g/mol. The normalized spacial score (nSPS) is 11.4. The second-order valence-corrected chi connectivity index (χ2v) is 6.65. The third-order valence-corrected chi connectivity index (χ3v) is 4.69. The number of imidazole rings is 1. The maximum atomic E-state index is 4.80. The van der Waals surface area contributed by atoms with Crippen molar-refractivity contribution in [3.63, 3.8) is 0 Å². The SMILES string of the molecule is Brc1ccc(-c2cn3cnc4c(cnn4-c4ccccc4)c3n2)cc1. The number of rotatable bonds is 2. The Hall–Kier alpha value is -2.99. The molecule has 3 heterocycles. The maximum absolute atomic E-state index is 4.80. The van der Waals surface area contributed by atoms with E-state index in [0.717, 1.165) is 38.1 Å². The summed E-state index contributed by atoms with van der Waals surface area (Å²) in [7, 11) is 0. The smallest absolute Gasteiger partial charge is 0.168 e. The molecule has 0 amide bonds. The Bertz CT molecular complexity index is 1190. The second-order valence-electron chi connectivity index (χ2n) is 5.74. The summed E-state index contributed by atoms with van der Waals surface area (Å²) in [6, 6.07) is 18.1. The quantitative estimate of drug-likeness (QED) is 0.446. The minimum Gasteiger partial charge on any atom is -0.289 e. The summed E-state index contributed by atoms with van der Waals surface area (Å²) in [5.41, 5.74) is 4.61. The van der Waals surface area contributed by atoms with Gasteiger partial charge in [0.2, 0.25) is 0 Å². The summed E-state index contributed by atoms with van der Waals surface area (Å²) < 4.78 is 4.83. The van der Waals surface area contributed by atoms with E-state index in [1.807, 2.05) is 76.1 Å². The van der Waals surface area contributed by atoms with E-state index in [4.69, 9.17) is 4.98 Å². The summed E-state index contributed by atoms with van der Waals surface area (Å²) in [5.74, 6) is 0. The Morgan fingerprint density at radius 3 is 2.48 bits per heavy atom. The summed E-state index contributed by atoms with van der Waals surface area (Å²) in [6.45, 7) is 0. The molecular formula is C19H12BrN5. The standard InChI is InChI=1S/C19H12BrN5/c20-14-8-6-13(7-9-14)17-11-24-12-21-18-16(19(24)23-17)10-22-25(18)15-4-2-1-3-5-15/h1-12H. The molecule has 3 aromatic heterocycles. The molecule has 0 aliphatic rings. The van der Waals surface area contributed by atoms with Crippen molar-refractivity contribution in [3.8, 4) is 16.9 Å². The summed E-state index contributed by atoms with van der Waals surface area (Å²) >= 11 is 3.46. The number of hydrogen-bond acceptors (Lipinski definition) is 3. The molecule has 5 aromatic rings. The van der Waals surface area contributed by atoms with Crippen molar-refractivity contribution >= 4 is 32.6 Å². The molecule has 0 atom stereocenters. The van der Waals surface area contributed by atoms with Crippen molar-refractivity contribution in [2.75, 3.05) is 0 Å². The molecule has 5 rings (SSSR count). The molecule has 0 radical (unpaired) electrons. The van der Waals surface area contributed by atoms with E-state index in [0.29, 0.717) is 0 Å². The van der Waals surface area contributed by atoms with E-state index in [9.17, 15) is 0 Å². The molecule has 0 saturated carbocycles. The highest BCUT2D eigenvalue weighted by Crippen LogP contribution is 2.25. The van der Waals surface area contributed by atoms with E-state index in [1.165, 1.54) is 0 Å². The van der Waals surface area contributed by atoms with Gasteiger partial charge in [-0.05, 0) is 24.3 Å². The molecule has 2 aromatic carbocycles. The minimum absolute atomic E-state index is 0.798. The van der Waals surface area contributed by atoms with Gasteiger partial charge in [0.15, 0.2) is 11.3 Å². The van der Waals surface area contributed by atoms with Crippen LogP contribution >= 0.6 is 15.9 Å². The molecule has 0 saturated heterocycles. The Morgan fingerprint density at radius 1 is 0.880 bits per heavy atom. The largest absolute Gasteiger partial charge is 0.289 e. The highest BCUT2D eigenvalue weighted by molar-refractivity contribution is 9.10. The van der Waals surface area contributed by atoms with E-state index in [-0.39, 0.29) is 0 Å². The molecule has 0 fully saturated rings. The third kappa shape index (κ3) is 2.34. The van der Waals surface area contributed by atoms with Crippen LogP contribution in [0.3, 0.4) is 0 Å². The molecule has 120 valence electrons. The van der Waals surface area contributed by atoms with Crippen LogP contribution in [0.15, 0.2) is 77.8 Å². The van der Waals surface area contributed by atoms with E-state index < -0.39 is 0 Å². The third-order valence-electron chi connectivity index (χ3n) is 4.16. The van der Waals surface area contributed by atoms with Gasteiger partial charge >= 0.3 is 0 Å². The zero-order valence-electron chi connectivity index (χ0n) is 13.0. The predicted molar refractivity (Wildman–Crippen MR) is 101 cm³/mol. The van der Waals surface area contributed by atoms with Crippen molar-refractivity contribution in [2.45, 2.75) is 0 Å². The first-order chi connectivity index (χ1) is 12.3. The number of nitrogens with zero attached hydrogens (tertiary/aromatic N) is 5. The lowest BCUT2D eigenvalue weighted by Crippen LogP contribution is -1.97. The van der Waals surface area contributed by atoms with Gasteiger partial charge in [-0.25, -0.2) is 14.6 Å². The fraction of sp³-hybridized carbons (Fsp3) is 0. The summed E-state index contributed by atoms with van der Waals surface area (Å²) in [6.07, 6.45) is 5.60. The number of aromatic nitrogens is 5. The van der Waals surface area contributed by atoms with Crippen LogP contribution in [0.25, 0.3) is 33.6 Å². The van der Waals surface area contributed by atoms with E-state index >= 15 is 0 Å². The van der Waals surface area contributed by atoms with Gasteiger partial charge in [0.1, 0.15) is 6.33 Å². The number of fused-ring (bicyclic) bond motifs is 3. The number of para-hydroxylation sites is 1. The lowest BCUT2D eigenvalue weighted by Gasteiger charge is -2.02. The Morgan fingerprint density at radius 2 is 1.68 bits per heavy atom. The highest BCUT2D eigenvalue weighted by atomic mass is 79.9. The van der Waals surface area contributed by atoms with Gasteiger partial charge < -0.3 is 0 Å². The van der Waals surface area contributed by atoms with Gasteiger partial charge in [-0.3, -0.25) is 4.40 Å². The summed E-state index contributed by atoms with van der Waals surface area (Å²) in [5, 5.41) is 5.43. The number of benzene rings is 2. The molecule has 5 nitrogen and oxygen atoms in total. The van der Waals surface area contributed by atoms with Crippen molar-refractivity contribution in [1.82, 2.24) is 24.1 Å². The van der Waals surface area contributed by atoms with Gasteiger partial charge in [-0.15, -0.1) is 0 Å². The Labute approximate surface area is 151 Å². The first-order valence-corrected chi connectivity index (χ1v) is 8.62. The van der Waals surface area contributed by atoms with Crippen LogP contribution in [0.2, 0.25) is 0 Å². The zero-order valence-corrected chi connectivity index (χ0v) is 14.6. The Balaban J connectivity index is 1.71. The van der Waals surface area contributed by atoms with Crippen LogP contribution in [-0.4, -0.2) is 24.1 Å². The monoisotopic (exact) mass is 389 g/mol. The lowest BCUT2D eigenvalue weighted by atomic mass is 10.2. The van der Waals surface area contributed by atoms with E-state index in [2.05, 4.69) is 26.0 Å². The zero-order chi connectivity index (χ0) is 16.8. The first-order valence-electron chi connectivity index (χ1n) is 7.82. The number of hydrogen-bond donors (Lipinski definition) is 0. The second kappa shape index (κ2) is 5.53. The van der Waals surface area contributed by atoms with Gasteiger partial charge in [-0.2, -0.15) is 5.10 Å².